The van der Waals surface area contributed by atoms with E-state index in [0.29, 0.717) is 22.4 Å². The maximum absolute atomic E-state index is 12.5. The summed E-state index contributed by atoms with van der Waals surface area (Å²) in [5, 5.41) is 3.04. The highest BCUT2D eigenvalue weighted by molar-refractivity contribution is 5.99. The summed E-state index contributed by atoms with van der Waals surface area (Å²) >= 11 is 0. The average Bonchev–Trinajstić information content (AvgIpc) is 2.54. The molecule has 0 unspecified atom stereocenters. The van der Waals surface area contributed by atoms with E-state index < -0.39 is 0 Å². The minimum atomic E-state index is -0.231. The van der Waals surface area contributed by atoms with Gasteiger partial charge in [0.2, 0.25) is 5.91 Å². The molecule has 1 N–H and O–H groups in total. The second kappa shape index (κ2) is 6.20. The Morgan fingerprint density at radius 1 is 1.08 bits per heavy atom. The molecular weight excluding hydrogens is 304 g/mol. The third kappa shape index (κ3) is 3.01. The van der Waals surface area contributed by atoms with Gasteiger partial charge < -0.3 is 14.6 Å². The van der Waals surface area contributed by atoms with Gasteiger partial charge in [0, 0.05) is 38.3 Å². The molecule has 3 rings (SSSR count). The molecule has 5 heteroatoms. The van der Waals surface area contributed by atoms with Gasteiger partial charge in [-0.15, -0.1) is 0 Å². The molecule has 0 bridgehead atoms. The van der Waals surface area contributed by atoms with Crippen molar-refractivity contribution < 1.29 is 9.21 Å². The number of hydrogen-bond donors (Lipinski definition) is 1. The number of hydrogen-bond acceptors (Lipinski definition) is 4. The highest BCUT2D eigenvalue weighted by atomic mass is 16.3. The van der Waals surface area contributed by atoms with E-state index in [1.807, 2.05) is 43.3 Å². The van der Waals surface area contributed by atoms with Crippen molar-refractivity contribution in [1.29, 1.82) is 0 Å². The average molecular weight is 322 g/mol. The van der Waals surface area contributed by atoms with Crippen molar-refractivity contribution in [1.82, 2.24) is 0 Å². The normalized spacial score (nSPS) is 10.6. The Morgan fingerprint density at radius 2 is 1.79 bits per heavy atom. The van der Waals surface area contributed by atoms with Crippen molar-refractivity contribution in [3.05, 3.63) is 58.8 Å². The number of carbonyl (C=O) groups excluding carboxylic acids is 1. The minimum Gasteiger partial charge on any atom is -0.456 e. The summed E-state index contributed by atoms with van der Waals surface area (Å²) in [5.74, 6) is 0.267. The Balaban J connectivity index is 2.11. The molecule has 0 fully saturated rings. The number of nitrogens with one attached hydrogen (secondary N) is 1. The number of amides is 1. The van der Waals surface area contributed by atoms with Crippen LogP contribution in [0.4, 0.5) is 11.4 Å². The number of carbonyl (C=O) groups is 1. The van der Waals surface area contributed by atoms with E-state index in [9.17, 15) is 9.59 Å². The molecule has 0 spiro atoms. The lowest BCUT2D eigenvalue weighted by molar-refractivity contribution is -0.114. The molecule has 2 aromatic carbocycles. The SMILES string of the molecule is CC(=O)Nc1cccc2oc(-c3ccc(N(C)C)cc3)cc(=O)c12. The first-order valence-corrected chi connectivity index (χ1v) is 7.58. The second-order valence-electron chi connectivity index (χ2n) is 5.78. The summed E-state index contributed by atoms with van der Waals surface area (Å²) in [6, 6.07) is 14.4. The fraction of sp³-hybridized carbons (Fsp3) is 0.158. The van der Waals surface area contributed by atoms with Crippen LogP contribution < -0.4 is 15.6 Å². The van der Waals surface area contributed by atoms with E-state index in [1.54, 1.807) is 18.2 Å². The Morgan fingerprint density at radius 3 is 2.42 bits per heavy atom. The first kappa shape index (κ1) is 15.8. The lowest BCUT2D eigenvalue weighted by atomic mass is 10.1. The first-order chi connectivity index (χ1) is 11.5. The maximum atomic E-state index is 12.5. The van der Waals surface area contributed by atoms with Gasteiger partial charge >= 0.3 is 0 Å². The van der Waals surface area contributed by atoms with Gasteiger partial charge in [-0.2, -0.15) is 0 Å². The van der Waals surface area contributed by atoms with Gasteiger partial charge in [0.1, 0.15) is 11.3 Å². The number of nitrogens with zero attached hydrogens (tertiary/aromatic N) is 1. The summed E-state index contributed by atoms with van der Waals surface area (Å²) in [4.78, 5) is 25.8. The third-order valence-electron chi connectivity index (χ3n) is 3.73. The Labute approximate surface area is 139 Å². The summed E-state index contributed by atoms with van der Waals surface area (Å²) in [7, 11) is 3.93. The molecule has 1 heterocycles. The molecular formula is C19H18N2O3. The molecule has 1 amide bonds. The molecule has 5 nitrogen and oxygen atoms in total. The quantitative estimate of drug-likeness (QED) is 0.802. The predicted octanol–water partition coefficient (Wildman–Crippen LogP) is 3.48. The zero-order valence-corrected chi connectivity index (χ0v) is 13.8. The Kier molecular flexibility index (Phi) is 4.08. The Hall–Kier alpha value is -3.08. The monoisotopic (exact) mass is 322 g/mol. The topological polar surface area (TPSA) is 62.6 Å². The molecule has 0 aliphatic heterocycles. The first-order valence-electron chi connectivity index (χ1n) is 7.58. The lowest BCUT2D eigenvalue weighted by Gasteiger charge is -2.12. The van der Waals surface area contributed by atoms with Gasteiger partial charge in [0.05, 0.1) is 11.1 Å². The molecule has 122 valence electrons. The summed E-state index contributed by atoms with van der Waals surface area (Å²) < 4.78 is 5.89. The van der Waals surface area contributed by atoms with Crippen molar-refractivity contribution in [2.75, 3.05) is 24.3 Å². The standard InChI is InChI=1S/C19H18N2O3/c1-12(22)20-15-5-4-6-17-19(15)16(23)11-18(24-17)13-7-9-14(10-8-13)21(2)3/h4-11H,1-3H3,(H,20,22). The van der Waals surface area contributed by atoms with Crippen LogP contribution in [0.5, 0.6) is 0 Å². The zero-order chi connectivity index (χ0) is 17.3. The van der Waals surface area contributed by atoms with Crippen LogP contribution in [0.3, 0.4) is 0 Å². The molecule has 24 heavy (non-hydrogen) atoms. The predicted molar refractivity (Wildman–Crippen MR) is 96.6 cm³/mol. The van der Waals surface area contributed by atoms with Crippen molar-refractivity contribution in [2.45, 2.75) is 6.92 Å². The number of anilines is 2. The molecule has 0 radical (unpaired) electrons. The van der Waals surface area contributed by atoms with Crippen LogP contribution in [-0.4, -0.2) is 20.0 Å². The van der Waals surface area contributed by atoms with Crippen LogP contribution in [0.25, 0.3) is 22.3 Å². The highest BCUT2D eigenvalue weighted by Gasteiger charge is 2.11. The highest BCUT2D eigenvalue weighted by Crippen LogP contribution is 2.27. The summed E-state index contributed by atoms with van der Waals surface area (Å²) in [6.07, 6.45) is 0. The van der Waals surface area contributed by atoms with Crippen molar-refractivity contribution >= 4 is 28.3 Å². The second-order valence-corrected chi connectivity index (χ2v) is 5.78. The fourth-order valence-electron chi connectivity index (χ4n) is 2.57. The van der Waals surface area contributed by atoms with Crippen LogP contribution >= 0.6 is 0 Å². The maximum Gasteiger partial charge on any atom is 0.221 e. The van der Waals surface area contributed by atoms with Gasteiger partial charge in [-0.05, 0) is 36.4 Å². The largest absolute Gasteiger partial charge is 0.456 e. The molecule has 0 atom stereocenters. The van der Waals surface area contributed by atoms with E-state index in [-0.39, 0.29) is 11.3 Å². The van der Waals surface area contributed by atoms with Crippen LogP contribution in [-0.2, 0) is 4.79 Å². The van der Waals surface area contributed by atoms with E-state index >= 15 is 0 Å². The minimum absolute atomic E-state index is 0.188. The number of rotatable bonds is 3. The lowest BCUT2D eigenvalue weighted by Crippen LogP contribution is -2.10. The van der Waals surface area contributed by atoms with Crippen molar-refractivity contribution in [2.24, 2.45) is 0 Å². The van der Waals surface area contributed by atoms with Crippen LogP contribution in [0.2, 0.25) is 0 Å². The summed E-state index contributed by atoms with van der Waals surface area (Å²) in [6.45, 7) is 1.40. The summed E-state index contributed by atoms with van der Waals surface area (Å²) in [5.41, 5.74) is 2.61. The van der Waals surface area contributed by atoms with Crippen molar-refractivity contribution in [3.8, 4) is 11.3 Å². The zero-order valence-electron chi connectivity index (χ0n) is 13.8. The molecule has 3 aromatic rings. The number of benzene rings is 2. The van der Waals surface area contributed by atoms with Gasteiger partial charge in [0.25, 0.3) is 0 Å². The van der Waals surface area contributed by atoms with Gasteiger partial charge in [-0.1, -0.05) is 6.07 Å². The Bertz CT molecular complexity index is 957. The van der Waals surface area contributed by atoms with Gasteiger partial charge in [-0.3, -0.25) is 9.59 Å². The van der Waals surface area contributed by atoms with E-state index in [0.717, 1.165) is 11.3 Å². The molecule has 0 aliphatic rings. The van der Waals surface area contributed by atoms with Gasteiger partial charge in [0.15, 0.2) is 5.43 Å². The molecule has 1 aromatic heterocycles. The van der Waals surface area contributed by atoms with E-state index in [4.69, 9.17) is 4.42 Å². The van der Waals surface area contributed by atoms with Crippen LogP contribution in [0, 0.1) is 0 Å². The van der Waals surface area contributed by atoms with Gasteiger partial charge in [-0.25, -0.2) is 0 Å². The van der Waals surface area contributed by atoms with Crippen molar-refractivity contribution in [3.63, 3.8) is 0 Å². The van der Waals surface area contributed by atoms with Crippen LogP contribution in [0.1, 0.15) is 6.92 Å². The fourth-order valence-corrected chi connectivity index (χ4v) is 2.57. The molecule has 0 saturated carbocycles. The third-order valence-corrected chi connectivity index (χ3v) is 3.73. The van der Waals surface area contributed by atoms with Crippen LogP contribution in [0.15, 0.2) is 57.7 Å². The number of fused-ring (bicyclic) bond motifs is 1. The molecule has 0 saturated heterocycles. The van der Waals surface area contributed by atoms with E-state index in [2.05, 4.69) is 5.32 Å². The molecule has 0 aliphatic carbocycles. The van der Waals surface area contributed by atoms with E-state index in [1.165, 1.54) is 13.0 Å². The smallest absolute Gasteiger partial charge is 0.221 e.